The predicted molar refractivity (Wildman–Crippen MR) is 113 cm³/mol. The summed E-state index contributed by atoms with van der Waals surface area (Å²) in [5, 5.41) is 2.71. The van der Waals surface area contributed by atoms with Crippen molar-refractivity contribution in [2.24, 2.45) is 0 Å². The van der Waals surface area contributed by atoms with E-state index < -0.39 is 10.0 Å². The van der Waals surface area contributed by atoms with E-state index >= 15 is 0 Å². The Bertz CT molecular complexity index is 944. The molecule has 1 fully saturated rings. The van der Waals surface area contributed by atoms with Gasteiger partial charge in [-0.2, -0.15) is 4.31 Å². The number of likely N-dealkylation sites (N-methyl/N-ethyl adjacent to an activating group) is 1. The summed E-state index contributed by atoms with van der Waals surface area (Å²) in [6.07, 6.45) is 0. The van der Waals surface area contributed by atoms with Crippen LogP contribution < -0.4 is 5.32 Å². The molecule has 156 valence electrons. The van der Waals surface area contributed by atoms with E-state index in [1.807, 2.05) is 0 Å². The Morgan fingerprint density at radius 1 is 1.07 bits per heavy atom. The molecular weight excluding hydrogens is 413 g/mol. The lowest BCUT2D eigenvalue weighted by molar-refractivity contribution is -0.113. The van der Waals surface area contributed by atoms with Gasteiger partial charge in [-0.05, 0) is 42.9 Å². The molecule has 1 heterocycles. The first-order chi connectivity index (χ1) is 13.9. The molecule has 3 rings (SSSR count). The Balaban J connectivity index is 1.57. The number of sulfonamides is 1. The largest absolute Gasteiger partial charge is 0.325 e. The van der Waals surface area contributed by atoms with Gasteiger partial charge in [0.2, 0.25) is 15.9 Å². The molecule has 29 heavy (non-hydrogen) atoms. The molecule has 0 saturated carbocycles. The first kappa shape index (κ1) is 21.8. The van der Waals surface area contributed by atoms with E-state index in [2.05, 4.69) is 17.1 Å². The van der Waals surface area contributed by atoms with Crippen molar-refractivity contribution in [3.63, 3.8) is 0 Å². The van der Waals surface area contributed by atoms with E-state index in [-0.39, 0.29) is 22.4 Å². The lowest BCUT2D eigenvalue weighted by Gasteiger charge is -2.33. The highest BCUT2D eigenvalue weighted by molar-refractivity contribution is 8.00. The van der Waals surface area contributed by atoms with Crippen LogP contribution in [0.4, 0.5) is 10.1 Å². The number of benzene rings is 2. The van der Waals surface area contributed by atoms with Gasteiger partial charge in [0.25, 0.3) is 0 Å². The molecule has 2 aromatic rings. The minimum Gasteiger partial charge on any atom is -0.325 e. The maximum absolute atomic E-state index is 13.6. The number of carbonyl (C=O) groups is 1. The van der Waals surface area contributed by atoms with E-state index in [4.69, 9.17) is 0 Å². The predicted octanol–water partition coefficient (Wildman–Crippen LogP) is 2.88. The van der Waals surface area contributed by atoms with Gasteiger partial charge in [-0.3, -0.25) is 4.79 Å². The van der Waals surface area contributed by atoms with Crippen molar-refractivity contribution in [2.75, 3.05) is 43.8 Å². The molecule has 2 aromatic carbocycles. The van der Waals surface area contributed by atoms with Crippen LogP contribution in [0.25, 0.3) is 0 Å². The van der Waals surface area contributed by atoms with Crippen molar-refractivity contribution in [2.45, 2.75) is 16.7 Å². The second-order valence-electron chi connectivity index (χ2n) is 6.63. The van der Waals surface area contributed by atoms with E-state index in [0.717, 1.165) is 31.4 Å². The van der Waals surface area contributed by atoms with Crippen molar-refractivity contribution in [3.05, 3.63) is 54.3 Å². The fourth-order valence-electron chi connectivity index (χ4n) is 3.05. The van der Waals surface area contributed by atoms with Crippen LogP contribution in [0.5, 0.6) is 0 Å². The molecule has 1 N–H and O–H groups in total. The number of anilines is 1. The van der Waals surface area contributed by atoms with Gasteiger partial charge in [-0.25, -0.2) is 12.8 Å². The highest BCUT2D eigenvalue weighted by Crippen LogP contribution is 2.22. The molecule has 0 atom stereocenters. The van der Waals surface area contributed by atoms with Crippen LogP contribution in [0.2, 0.25) is 0 Å². The highest BCUT2D eigenvalue weighted by Gasteiger charge is 2.27. The summed E-state index contributed by atoms with van der Waals surface area (Å²) in [7, 11) is -3.54. The number of hydrogen-bond donors (Lipinski definition) is 1. The van der Waals surface area contributed by atoms with E-state index in [1.54, 1.807) is 30.3 Å². The molecule has 0 spiro atoms. The number of thioether (sulfide) groups is 1. The Morgan fingerprint density at radius 2 is 1.72 bits per heavy atom. The van der Waals surface area contributed by atoms with Crippen molar-refractivity contribution in [1.29, 1.82) is 0 Å². The molecule has 9 heteroatoms. The number of rotatable bonds is 7. The molecular formula is C20H24FN3O3S2. The summed E-state index contributed by atoms with van der Waals surface area (Å²) in [5.41, 5.74) is 0.499. The van der Waals surface area contributed by atoms with Crippen molar-refractivity contribution in [3.8, 4) is 0 Å². The molecule has 0 bridgehead atoms. The second-order valence-corrected chi connectivity index (χ2v) is 9.59. The normalized spacial score (nSPS) is 15.9. The molecule has 1 aliphatic rings. The number of hydrogen-bond acceptors (Lipinski definition) is 5. The zero-order valence-corrected chi connectivity index (χ0v) is 17.8. The van der Waals surface area contributed by atoms with Gasteiger partial charge >= 0.3 is 0 Å². The summed E-state index contributed by atoms with van der Waals surface area (Å²) in [6.45, 7) is 5.38. The topological polar surface area (TPSA) is 69.7 Å². The van der Waals surface area contributed by atoms with E-state index in [1.165, 1.54) is 22.5 Å². The van der Waals surface area contributed by atoms with Crippen LogP contribution in [-0.4, -0.2) is 62.0 Å². The van der Waals surface area contributed by atoms with Crippen LogP contribution in [0.1, 0.15) is 6.92 Å². The van der Waals surface area contributed by atoms with Gasteiger partial charge in [-0.1, -0.05) is 19.1 Å². The van der Waals surface area contributed by atoms with Crippen LogP contribution in [0.15, 0.2) is 58.3 Å². The number of halogens is 1. The van der Waals surface area contributed by atoms with Crippen LogP contribution in [-0.2, 0) is 14.8 Å². The highest BCUT2D eigenvalue weighted by atomic mass is 32.2. The molecule has 6 nitrogen and oxygen atoms in total. The third kappa shape index (κ3) is 5.57. The Hall–Kier alpha value is -1.94. The van der Waals surface area contributed by atoms with Gasteiger partial charge in [0.15, 0.2) is 0 Å². The smallest absolute Gasteiger partial charge is 0.243 e. The maximum Gasteiger partial charge on any atom is 0.243 e. The first-order valence-electron chi connectivity index (χ1n) is 9.40. The SMILES string of the molecule is CCN1CCN(S(=O)(=O)c2ccc(NC(=O)CSc3ccccc3F)cc2)CC1. The second kappa shape index (κ2) is 9.71. The number of nitrogens with zero attached hydrogens (tertiary/aromatic N) is 2. The fraction of sp³-hybridized carbons (Fsp3) is 0.350. The van der Waals surface area contributed by atoms with Crippen molar-refractivity contribution in [1.82, 2.24) is 9.21 Å². The van der Waals surface area contributed by atoms with E-state index in [9.17, 15) is 17.6 Å². The summed E-state index contributed by atoms with van der Waals surface area (Å²) in [4.78, 5) is 14.9. The number of amides is 1. The molecule has 0 aliphatic carbocycles. The van der Waals surface area contributed by atoms with Crippen LogP contribution in [0, 0.1) is 5.82 Å². The lowest BCUT2D eigenvalue weighted by atomic mass is 10.3. The molecule has 1 saturated heterocycles. The molecule has 0 radical (unpaired) electrons. The zero-order valence-electron chi connectivity index (χ0n) is 16.2. The maximum atomic E-state index is 13.6. The molecule has 0 aromatic heterocycles. The van der Waals surface area contributed by atoms with Crippen molar-refractivity contribution >= 4 is 33.4 Å². The molecule has 1 amide bonds. The fourth-order valence-corrected chi connectivity index (χ4v) is 5.21. The van der Waals surface area contributed by atoms with E-state index in [0.29, 0.717) is 23.7 Å². The monoisotopic (exact) mass is 437 g/mol. The van der Waals surface area contributed by atoms with Crippen LogP contribution >= 0.6 is 11.8 Å². The summed E-state index contributed by atoms with van der Waals surface area (Å²) >= 11 is 1.11. The zero-order chi connectivity index (χ0) is 20.9. The average molecular weight is 438 g/mol. The van der Waals surface area contributed by atoms with Gasteiger partial charge in [0.1, 0.15) is 5.82 Å². The first-order valence-corrected chi connectivity index (χ1v) is 11.8. The Kier molecular flexibility index (Phi) is 7.28. The molecule has 0 unspecified atom stereocenters. The van der Waals surface area contributed by atoms with Gasteiger partial charge in [-0.15, -0.1) is 11.8 Å². The summed E-state index contributed by atoms with van der Waals surface area (Å²) in [5.74, 6) is -0.591. The summed E-state index contributed by atoms with van der Waals surface area (Å²) in [6, 6.07) is 12.4. The lowest BCUT2D eigenvalue weighted by Crippen LogP contribution is -2.48. The molecule has 1 aliphatic heterocycles. The number of piperazine rings is 1. The minimum absolute atomic E-state index is 0.0582. The Morgan fingerprint density at radius 3 is 2.34 bits per heavy atom. The number of carbonyl (C=O) groups excluding carboxylic acids is 1. The number of nitrogens with one attached hydrogen (secondary N) is 1. The van der Waals surface area contributed by atoms with Crippen LogP contribution in [0.3, 0.4) is 0 Å². The average Bonchev–Trinajstić information content (AvgIpc) is 2.73. The summed E-state index contributed by atoms with van der Waals surface area (Å²) < 4.78 is 40.7. The van der Waals surface area contributed by atoms with Gasteiger partial charge < -0.3 is 10.2 Å². The van der Waals surface area contributed by atoms with Gasteiger partial charge in [0, 0.05) is 36.8 Å². The van der Waals surface area contributed by atoms with Crippen molar-refractivity contribution < 1.29 is 17.6 Å². The van der Waals surface area contributed by atoms with Gasteiger partial charge in [0.05, 0.1) is 10.6 Å². The minimum atomic E-state index is -3.54. The Labute approximate surface area is 175 Å². The quantitative estimate of drug-likeness (QED) is 0.675. The third-order valence-corrected chi connectivity index (χ3v) is 7.71. The standard InChI is InChI=1S/C20H24FN3O3S2/c1-2-23-11-13-24(14-12-23)29(26,27)17-9-7-16(8-10-17)22-20(25)15-28-19-6-4-3-5-18(19)21/h3-10H,2,11-15H2,1H3,(H,22,25). The third-order valence-electron chi connectivity index (χ3n) is 4.75.